The van der Waals surface area contributed by atoms with Gasteiger partial charge in [-0.2, -0.15) is 9.78 Å². The fourth-order valence-corrected chi connectivity index (χ4v) is 5.51. The molecule has 3 saturated carbocycles. The number of carbonyl (C=O) groups is 1. The molecule has 10 heteroatoms. The van der Waals surface area contributed by atoms with Crippen LogP contribution in [0.1, 0.15) is 72.2 Å². The zero-order valence-electron chi connectivity index (χ0n) is 16.2. The Balaban J connectivity index is 1.39. The summed E-state index contributed by atoms with van der Waals surface area (Å²) in [6.45, 7) is 0. The number of aryl methyl sites for hydroxylation is 1. The molecular weight excluding hydrogens is 376 g/mol. The SMILES string of the molecule is Cn1nc(C2CC3CC(O)(c4cc([N+](=O)[O-])nn4C4CC4)CC3C2)c(C=O)c1N. The highest BCUT2D eigenvalue weighted by Crippen LogP contribution is 2.57. The molecule has 3 fully saturated rings. The van der Waals surface area contributed by atoms with Gasteiger partial charge in [0.25, 0.3) is 0 Å². The Hall–Kier alpha value is -2.75. The first-order valence-corrected chi connectivity index (χ1v) is 10.0. The molecule has 0 amide bonds. The lowest BCUT2D eigenvalue weighted by atomic mass is 9.89. The Labute approximate surface area is 166 Å². The van der Waals surface area contributed by atoms with Gasteiger partial charge in [-0.1, -0.05) is 0 Å². The van der Waals surface area contributed by atoms with Gasteiger partial charge in [0.05, 0.1) is 34.2 Å². The molecule has 0 aromatic carbocycles. The second-order valence-corrected chi connectivity index (χ2v) is 8.87. The number of rotatable bonds is 5. The van der Waals surface area contributed by atoms with Crippen LogP contribution >= 0.6 is 0 Å². The van der Waals surface area contributed by atoms with Crippen LogP contribution in [0, 0.1) is 22.0 Å². The van der Waals surface area contributed by atoms with Crippen LogP contribution in [0.25, 0.3) is 0 Å². The number of aldehydes is 1. The maximum Gasteiger partial charge on any atom is 0.390 e. The Kier molecular flexibility index (Phi) is 3.86. The van der Waals surface area contributed by atoms with Crippen LogP contribution in [0.2, 0.25) is 0 Å². The molecule has 2 heterocycles. The summed E-state index contributed by atoms with van der Waals surface area (Å²) in [7, 11) is 1.73. The van der Waals surface area contributed by atoms with Crippen molar-refractivity contribution in [3.63, 3.8) is 0 Å². The number of nitrogens with zero attached hydrogens (tertiary/aromatic N) is 5. The normalized spacial score (nSPS) is 31.2. The molecule has 0 bridgehead atoms. The van der Waals surface area contributed by atoms with Crippen molar-refractivity contribution >= 4 is 17.9 Å². The smallest absolute Gasteiger partial charge is 0.383 e. The van der Waals surface area contributed by atoms with Crippen LogP contribution in [0.15, 0.2) is 6.07 Å². The van der Waals surface area contributed by atoms with Crippen molar-refractivity contribution < 1.29 is 14.8 Å². The number of nitro groups is 1. The molecule has 0 aliphatic heterocycles. The number of aromatic nitrogens is 4. The molecule has 2 aromatic heterocycles. The number of hydrogen-bond acceptors (Lipinski definition) is 7. The second-order valence-electron chi connectivity index (χ2n) is 8.87. The van der Waals surface area contributed by atoms with Gasteiger partial charge in [0.15, 0.2) is 6.29 Å². The monoisotopic (exact) mass is 400 g/mol. The molecule has 29 heavy (non-hydrogen) atoms. The second kappa shape index (κ2) is 6.12. The minimum absolute atomic E-state index is 0.140. The summed E-state index contributed by atoms with van der Waals surface area (Å²) in [6.07, 6.45) is 5.38. The predicted octanol–water partition coefficient (Wildman–Crippen LogP) is 2.05. The third-order valence-electron chi connectivity index (χ3n) is 6.98. The topological polar surface area (TPSA) is 142 Å². The van der Waals surface area contributed by atoms with Gasteiger partial charge in [0.2, 0.25) is 0 Å². The first-order chi connectivity index (χ1) is 13.8. The van der Waals surface area contributed by atoms with Crippen LogP contribution in [0.5, 0.6) is 0 Å². The molecule has 0 saturated heterocycles. The summed E-state index contributed by atoms with van der Waals surface area (Å²) in [4.78, 5) is 22.2. The van der Waals surface area contributed by atoms with E-state index in [1.807, 2.05) is 0 Å². The molecule has 0 radical (unpaired) electrons. The molecule has 10 nitrogen and oxygen atoms in total. The Bertz CT molecular complexity index is 993. The molecule has 5 rings (SSSR count). The van der Waals surface area contributed by atoms with E-state index in [1.165, 1.54) is 10.7 Å². The molecule has 3 N–H and O–H groups in total. The van der Waals surface area contributed by atoms with Crippen LogP contribution in [-0.2, 0) is 12.6 Å². The molecule has 0 spiro atoms. The van der Waals surface area contributed by atoms with E-state index in [4.69, 9.17) is 5.73 Å². The predicted molar refractivity (Wildman–Crippen MR) is 102 cm³/mol. The Morgan fingerprint density at radius 3 is 2.52 bits per heavy atom. The van der Waals surface area contributed by atoms with Crippen molar-refractivity contribution in [2.75, 3.05) is 5.73 Å². The van der Waals surface area contributed by atoms with E-state index in [9.17, 15) is 20.0 Å². The number of carbonyl (C=O) groups excluding carboxylic acids is 1. The number of nitrogen functional groups attached to an aromatic ring is 1. The maximum atomic E-state index is 11.5. The number of fused-ring (bicyclic) bond motifs is 1. The summed E-state index contributed by atoms with van der Waals surface area (Å²) in [5.74, 6) is 0.865. The first kappa shape index (κ1) is 18.3. The Morgan fingerprint density at radius 2 is 1.97 bits per heavy atom. The first-order valence-electron chi connectivity index (χ1n) is 10.0. The van der Waals surface area contributed by atoms with Gasteiger partial charge in [-0.15, -0.1) is 0 Å². The molecule has 2 atom stereocenters. The summed E-state index contributed by atoms with van der Waals surface area (Å²) in [6, 6.07) is 1.60. The summed E-state index contributed by atoms with van der Waals surface area (Å²) < 4.78 is 3.22. The van der Waals surface area contributed by atoms with Crippen LogP contribution in [0.3, 0.4) is 0 Å². The minimum atomic E-state index is -1.10. The van der Waals surface area contributed by atoms with Crippen molar-refractivity contribution in [2.24, 2.45) is 18.9 Å². The summed E-state index contributed by atoms with van der Waals surface area (Å²) >= 11 is 0. The molecular formula is C19H24N6O4. The highest BCUT2D eigenvalue weighted by Gasteiger charge is 2.53. The van der Waals surface area contributed by atoms with E-state index >= 15 is 0 Å². The quantitative estimate of drug-likeness (QED) is 0.444. The third kappa shape index (κ3) is 2.77. The van der Waals surface area contributed by atoms with Gasteiger partial charge in [0.1, 0.15) is 11.4 Å². The third-order valence-corrected chi connectivity index (χ3v) is 6.98. The van der Waals surface area contributed by atoms with Crippen molar-refractivity contribution in [1.29, 1.82) is 0 Å². The fourth-order valence-electron chi connectivity index (χ4n) is 5.51. The molecule has 154 valence electrons. The summed E-state index contributed by atoms with van der Waals surface area (Å²) in [5.41, 5.74) is 6.65. The van der Waals surface area contributed by atoms with Gasteiger partial charge < -0.3 is 21.0 Å². The lowest BCUT2D eigenvalue weighted by Crippen LogP contribution is -2.27. The zero-order chi connectivity index (χ0) is 20.5. The number of nitrogens with two attached hydrogens (primary N) is 1. The molecule has 3 aliphatic rings. The van der Waals surface area contributed by atoms with Crippen molar-refractivity contribution in [2.45, 2.75) is 56.1 Å². The van der Waals surface area contributed by atoms with E-state index in [1.54, 1.807) is 11.7 Å². The lowest BCUT2D eigenvalue weighted by molar-refractivity contribution is -0.389. The van der Waals surface area contributed by atoms with Crippen molar-refractivity contribution in [3.05, 3.63) is 33.1 Å². The maximum absolute atomic E-state index is 11.5. The van der Waals surface area contributed by atoms with Gasteiger partial charge in [-0.05, 0) is 55.3 Å². The van der Waals surface area contributed by atoms with E-state index < -0.39 is 10.5 Å². The van der Waals surface area contributed by atoms with Crippen LogP contribution in [-0.4, -0.2) is 35.9 Å². The van der Waals surface area contributed by atoms with E-state index in [2.05, 4.69) is 10.2 Å². The lowest BCUT2D eigenvalue weighted by Gasteiger charge is -2.24. The van der Waals surface area contributed by atoms with E-state index in [0.29, 0.717) is 29.9 Å². The average molecular weight is 400 g/mol. The zero-order valence-corrected chi connectivity index (χ0v) is 16.2. The molecule has 3 aliphatic carbocycles. The van der Waals surface area contributed by atoms with Crippen LogP contribution in [0.4, 0.5) is 11.6 Å². The van der Waals surface area contributed by atoms with E-state index in [0.717, 1.165) is 37.7 Å². The fraction of sp³-hybridized carbons (Fsp3) is 0.632. The average Bonchev–Trinajstić information content (AvgIpc) is 3.02. The highest BCUT2D eigenvalue weighted by molar-refractivity contribution is 5.83. The van der Waals surface area contributed by atoms with E-state index in [-0.39, 0.29) is 29.6 Å². The van der Waals surface area contributed by atoms with Gasteiger partial charge >= 0.3 is 5.82 Å². The largest absolute Gasteiger partial charge is 0.390 e. The number of hydrogen-bond donors (Lipinski definition) is 2. The standard InChI is InChI=1S/C19H24N6O4/c1-23-18(20)14(9-26)17(22-23)10-4-11-7-19(27,8-12(11)5-10)15-6-16(25(28)29)21-24(15)13-2-3-13/h6,9-13,27H,2-5,7-8,20H2,1H3. The van der Waals surface area contributed by atoms with Gasteiger partial charge in [-0.3, -0.25) is 9.48 Å². The highest BCUT2D eigenvalue weighted by atomic mass is 16.6. The van der Waals surface area contributed by atoms with Gasteiger partial charge in [0, 0.05) is 13.0 Å². The molecule has 2 aromatic rings. The van der Waals surface area contributed by atoms with Gasteiger partial charge in [-0.25, -0.2) is 0 Å². The Morgan fingerprint density at radius 1 is 1.31 bits per heavy atom. The van der Waals surface area contributed by atoms with Crippen LogP contribution < -0.4 is 5.73 Å². The van der Waals surface area contributed by atoms with Crippen molar-refractivity contribution in [3.8, 4) is 0 Å². The number of anilines is 1. The number of aliphatic hydroxyl groups is 1. The molecule has 2 unspecified atom stereocenters. The summed E-state index contributed by atoms with van der Waals surface area (Å²) in [5, 5.41) is 31.3. The minimum Gasteiger partial charge on any atom is -0.383 e. The van der Waals surface area contributed by atoms with Crippen molar-refractivity contribution in [1.82, 2.24) is 19.6 Å².